The molecule has 1 amide bonds. The highest BCUT2D eigenvalue weighted by Gasteiger charge is 2.18. The van der Waals surface area contributed by atoms with Crippen molar-refractivity contribution >= 4 is 23.2 Å². The van der Waals surface area contributed by atoms with Gasteiger partial charge in [0, 0.05) is 23.8 Å². The summed E-state index contributed by atoms with van der Waals surface area (Å²) >= 11 is 0. The number of nitro groups is 1. The zero-order valence-corrected chi connectivity index (χ0v) is 13.9. The van der Waals surface area contributed by atoms with Gasteiger partial charge in [0.15, 0.2) is 0 Å². The lowest BCUT2D eigenvalue weighted by molar-refractivity contribution is -0.385. The summed E-state index contributed by atoms with van der Waals surface area (Å²) in [6, 6.07) is 6.71. The van der Waals surface area contributed by atoms with Crippen LogP contribution in [0.15, 0.2) is 36.7 Å². The molecule has 2 rings (SSSR count). The average molecular weight is 345 g/mol. The van der Waals surface area contributed by atoms with Crippen LogP contribution in [0.5, 0.6) is 0 Å². The number of hydrogen-bond acceptors (Lipinski definition) is 7. The van der Waals surface area contributed by atoms with E-state index in [4.69, 9.17) is 5.11 Å². The van der Waals surface area contributed by atoms with Crippen molar-refractivity contribution in [3.05, 3.63) is 52.3 Å². The van der Waals surface area contributed by atoms with Crippen molar-refractivity contribution in [2.24, 2.45) is 0 Å². The number of nitrogens with zero attached hydrogens (tertiary/aromatic N) is 4. The Morgan fingerprint density at radius 3 is 2.60 bits per heavy atom. The van der Waals surface area contributed by atoms with Crippen LogP contribution in [0.3, 0.4) is 0 Å². The van der Waals surface area contributed by atoms with Crippen molar-refractivity contribution in [1.82, 2.24) is 14.9 Å². The van der Waals surface area contributed by atoms with Gasteiger partial charge in [0.1, 0.15) is 12.4 Å². The van der Waals surface area contributed by atoms with E-state index < -0.39 is 4.92 Å². The molecule has 0 radical (unpaired) electrons. The van der Waals surface area contributed by atoms with Gasteiger partial charge in [-0.3, -0.25) is 14.9 Å². The van der Waals surface area contributed by atoms with E-state index in [-0.39, 0.29) is 36.7 Å². The molecule has 0 unspecified atom stereocenters. The highest BCUT2D eigenvalue weighted by Crippen LogP contribution is 2.18. The molecule has 132 valence electrons. The van der Waals surface area contributed by atoms with Crippen molar-refractivity contribution in [3.8, 4) is 0 Å². The van der Waals surface area contributed by atoms with Crippen LogP contribution in [0.4, 0.5) is 17.3 Å². The number of aliphatic hydroxyl groups is 1. The summed E-state index contributed by atoms with van der Waals surface area (Å²) in [5, 5.41) is 22.6. The second-order valence-corrected chi connectivity index (χ2v) is 5.54. The second kappa shape index (κ2) is 8.15. The van der Waals surface area contributed by atoms with Crippen molar-refractivity contribution in [3.63, 3.8) is 0 Å². The first kappa shape index (κ1) is 18.3. The first-order valence-corrected chi connectivity index (χ1v) is 7.67. The number of benzene rings is 1. The Kier molecular flexibility index (Phi) is 5.96. The van der Waals surface area contributed by atoms with E-state index in [0.717, 1.165) is 12.4 Å². The summed E-state index contributed by atoms with van der Waals surface area (Å²) in [6.45, 7) is 3.89. The van der Waals surface area contributed by atoms with Gasteiger partial charge in [-0.25, -0.2) is 9.97 Å². The number of anilines is 2. The number of nitrogens with one attached hydrogen (secondary N) is 1. The third-order valence-corrected chi connectivity index (χ3v) is 3.44. The lowest BCUT2D eigenvalue weighted by atomic mass is 10.1. The van der Waals surface area contributed by atoms with Gasteiger partial charge in [-0.2, -0.15) is 0 Å². The molecule has 0 aliphatic carbocycles. The van der Waals surface area contributed by atoms with E-state index in [2.05, 4.69) is 15.3 Å². The van der Waals surface area contributed by atoms with Gasteiger partial charge in [0.05, 0.1) is 11.5 Å². The standard InChI is InChI=1S/C16H19N5O4/c1-11(2)20(6-7-22)15(23)12-4-3-5-13(8-12)19-16-17-9-14(10-18-16)21(24)25/h3-5,8-11,22H,6-7H2,1-2H3,(H,17,18,19). The number of carbonyl (C=O) groups excluding carboxylic acids is 1. The Hall–Kier alpha value is -3.07. The quantitative estimate of drug-likeness (QED) is 0.581. The number of aromatic nitrogens is 2. The number of aliphatic hydroxyl groups excluding tert-OH is 1. The smallest absolute Gasteiger partial charge is 0.305 e. The maximum Gasteiger partial charge on any atom is 0.305 e. The van der Waals surface area contributed by atoms with Gasteiger partial charge in [-0.1, -0.05) is 6.07 Å². The number of amides is 1. The summed E-state index contributed by atoms with van der Waals surface area (Å²) in [5.41, 5.74) is 0.826. The van der Waals surface area contributed by atoms with Gasteiger partial charge in [-0.05, 0) is 32.0 Å². The predicted octanol–water partition coefficient (Wildman–Crippen LogP) is 1.97. The lowest BCUT2D eigenvalue weighted by Gasteiger charge is -2.26. The van der Waals surface area contributed by atoms with Gasteiger partial charge < -0.3 is 15.3 Å². The molecular formula is C16H19N5O4. The molecule has 0 aliphatic heterocycles. The minimum absolute atomic E-state index is 0.0470. The summed E-state index contributed by atoms with van der Waals surface area (Å²) in [6.07, 6.45) is 2.21. The zero-order valence-electron chi connectivity index (χ0n) is 13.9. The van der Waals surface area contributed by atoms with Gasteiger partial charge >= 0.3 is 5.69 Å². The minimum atomic E-state index is -0.579. The summed E-state index contributed by atoms with van der Waals surface area (Å²) in [7, 11) is 0. The normalized spacial score (nSPS) is 10.6. The largest absolute Gasteiger partial charge is 0.395 e. The Balaban J connectivity index is 2.17. The first-order valence-electron chi connectivity index (χ1n) is 7.67. The van der Waals surface area contributed by atoms with E-state index in [1.54, 1.807) is 29.2 Å². The third kappa shape index (κ3) is 4.70. The van der Waals surface area contributed by atoms with Crippen molar-refractivity contribution in [1.29, 1.82) is 0 Å². The van der Waals surface area contributed by atoms with E-state index in [9.17, 15) is 14.9 Å². The maximum atomic E-state index is 12.6. The second-order valence-electron chi connectivity index (χ2n) is 5.54. The van der Waals surface area contributed by atoms with Gasteiger partial charge in [0.2, 0.25) is 5.95 Å². The Labute approximate surface area is 144 Å². The number of rotatable bonds is 7. The molecule has 1 aromatic heterocycles. The molecule has 0 saturated carbocycles. The van der Waals surface area contributed by atoms with Crippen LogP contribution in [-0.4, -0.2) is 50.0 Å². The molecule has 9 heteroatoms. The molecule has 0 fully saturated rings. The highest BCUT2D eigenvalue weighted by atomic mass is 16.6. The molecule has 0 bridgehead atoms. The summed E-state index contributed by atoms with van der Waals surface area (Å²) in [5.74, 6) is -0.0106. The van der Waals surface area contributed by atoms with E-state index >= 15 is 0 Å². The highest BCUT2D eigenvalue weighted by molar-refractivity contribution is 5.95. The molecule has 25 heavy (non-hydrogen) atoms. The molecule has 9 nitrogen and oxygen atoms in total. The van der Waals surface area contributed by atoms with E-state index in [1.165, 1.54) is 0 Å². The monoisotopic (exact) mass is 345 g/mol. The SMILES string of the molecule is CC(C)N(CCO)C(=O)c1cccc(Nc2ncc([N+](=O)[O-])cn2)c1. The fourth-order valence-corrected chi connectivity index (χ4v) is 2.21. The van der Waals surface area contributed by atoms with Gasteiger partial charge in [0.25, 0.3) is 5.91 Å². The van der Waals surface area contributed by atoms with Crippen LogP contribution >= 0.6 is 0 Å². The topological polar surface area (TPSA) is 121 Å². The number of hydrogen-bond donors (Lipinski definition) is 2. The number of carbonyl (C=O) groups is 1. The summed E-state index contributed by atoms with van der Waals surface area (Å²) < 4.78 is 0. The first-order chi connectivity index (χ1) is 11.9. The fraction of sp³-hybridized carbons (Fsp3) is 0.312. The van der Waals surface area contributed by atoms with Crippen LogP contribution in [0.1, 0.15) is 24.2 Å². The van der Waals surface area contributed by atoms with Crippen molar-refractivity contribution in [2.75, 3.05) is 18.5 Å². The average Bonchev–Trinajstić information content (AvgIpc) is 2.59. The van der Waals surface area contributed by atoms with Crippen LogP contribution in [0.25, 0.3) is 0 Å². The van der Waals surface area contributed by atoms with Crippen LogP contribution < -0.4 is 5.32 Å². The summed E-state index contributed by atoms with van der Waals surface area (Å²) in [4.78, 5) is 31.9. The predicted molar refractivity (Wildman–Crippen MR) is 91.7 cm³/mol. The molecule has 1 heterocycles. The van der Waals surface area contributed by atoms with Crippen LogP contribution in [0.2, 0.25) is 0 Å². The van der Waals surface area contributed by atoms with Crippen LogP contribution in [-0.2, 0) is 0 Å². The molecule has 2 aromatic rings. The molecule has 0 spiro atoms. The third-order valence-electron chi connectivity index (χ3n) is 3.44. The van der Waals surface area contributed by atoms with Crippen LogP contribution in [0, 0.1) is 10.1 Å². The Morgan fingerprint density at radius 2 is 2.04 bits per heavy atom. The lowest BCUT2D eigenvalue weighted by Crippen LogP contribution is -2.39. The molecule has 0 aliphatic rings. The molecule has 0 saturated heterocycles. The van der Waals surface area contributed by atoms with Crippen molar-refractivity contribution in [2.45, 2.75) is 19.9 Å². The minimum Gasteiger partial charge on any atom is -0.395 e. The van der Waals surface area contributed by atoms with E-state index in [0.29, 0.717) is 11.3 Å². The van der Waals surface area contributed by atoms with Crippen molar-refractivity contribution < 1.29 is 14.8 Å². The molecule has 0 atom stereocenters. The fourth-order valence-electron chi connectivity index (χ4n) is 2.21. The molecular weight excluding hydrogens is 326 g/mol. The Morgan fingerprint density at radius 1 is 1.36 bits per heavy atom. The molecule has 2 N–H and O–H groups in total. The Bertz CT molecular complexity index is 748. The maximum absolute atomic E-state index is 12.6. The van der Waals surface area contributed by atoms with Gasteiger partial charge in [-0.15, -0.1) is 0 Å². The molecule has 1 aromatic carbocycles. The zero-order chi connectivity index (χ0) is 18.4. The van der Waals surface area contributed by atoms with E-state index in [1.807, 2.05) is 13.8 Å².